The Kier molecular flexibility index (Phi) is 5.29. The average molecular weight is 437 g/mol. The third kappa shape index (κ3) is 4.30. The summed E-state index contributed by atoms with van der Waals surface area (Å²) in [6.45, 7) is 2.94. The molecule has 1 aliphatic carbocycles. The summed E-state index contributed by atoms with van der Waals surface area (Å²) in [6.07, 6.45) is 4.47. The van der Waals surface area contributed by atoms with Gasteiger partial charge in [-0.2, -0.15) is 0 Å². The van der Waals surface area contributed by atoms with Crippen molar-refractivity contribution in [3.63, 3.8) is 0 Å². The highest BCUT2D eigenvalue weighted by atomic mass is 19.1. The molecule has 1 aromatic heterocycles. The number of pyridine rings is 1. The molecule has 2 aromatic carbocycles. The van der Waals surface area contributed by atoms with Crippen molar-refractivity contribution in [2.45, 2.75) is 31.7 Å². The van der Waals surface area contributed by atoms with Gasteiger partial charge in [-0.05, 0) is 67.5 Å². The van der Waals surface area contributed by atoms with Crippen molar-refractivity contribution >= 4 is 16.7 Å². The minimum atomic E-state index is -0.904. The van der Waals surface area contributed by atoms with E-state index in [2.05, 4.69) is 9.98 Å². The minimum Gasteiger partial charge on any atom is -0.492 e. The van der Waals surface area contributed by atoms with Crippen LogP contribution in [0.5, 0.6) is 5.75 Å². The number of nitrogens with zero attached hydrogens (tertiary/aromatic N) is 2. The fraction of sp³-hybridized carbons (Fsp3) is 0.360. The number of hydrogen-bond acceptors (Lipinski definition) is 5. The van der Waals surface area contributed by atoms with E-state index >= 15 is 0 Å². The van der Waals surface area contributed by atoms with Gasteiger partial charge in [-0.25, -0.2) is 8.78 Å². The molecule has 0 spiro atoms. The summed E-state index contributed by atoms with van der Waals surface area (Å²) in [5.74, 6) is 0.880. The van der Waals surface area contributed by atoms with Crippen LogP contribution in [0.3, 0.4) is 0 Å². The zero-order valence-electron chi connectivity index (χ0n) is 17.9. The number of benzene rings is 2. The second-order valence-electron chi connectivity index (χ2n) is 8.92. The Balaban J connectivity index is 1.47. The molecule has 0 radical (unpaired) electrons. The largest absolute Gasteiger partial charge is 0.492 e. The first-order chi connectivity index (χ1) is 15.4. The Bertz CT molecular complexity index is 1210. The smallest absolute Gasteiger partial charge is 0.138 e. The van der Waals surface area contributed by atoms with E-state index < -0.39 is 5.54 Å². The van der Waals surface area contributed by atoms with Gasteiger partial charge in [0.15, 0.2) is 0 Å². The quantitative estimate of drug-likeness (QED) is 0.617. The maximum absolute atomic E-state index is 14.7. The van der Waals surface area contributed by atoms with E-state index in [4.69, 9.17) is 15.2 Å². The van der Waals surface area contributed by atoms with E-state index in [0.717, 1.165) is 11.1 Å². The Morgan fingerprint density at radius 3 is 2.81 bits per heavy atom. The summed E-state index contributed by atoms with van der Waals surface area (Å²) in [4.78, 5) is 8.99. The summed E-state index contributed by atoms with van der Waals surface area (Å²) in [5, 5.41) is 0.681. The van der Waals surface area contributed by atoms with Crippen LogP contribution in [0.4, 0.5) is 8.78 Å². The normalized spacial score (nSPS) is 20.9. The van der Waals surface area contributed by atoms with Crippen molar-refractivity contribution in [3.8, 4) is 5.75 Å². The second-order valence-corrected chi connectivity index (χ2v) is 8.92. The Labute approximate surface area is 185 Å². The van der Waals surface area contributed by atoms with Crippen LogP contribution < -0.4 is 10.5 Å². The van der Waals surface area contributed by atoms with Crippen LogP contribution in [0, 0.1) is 17.6 Å². The lowest BCUT2D eigenvalue weighted by molar-refractivity contribution is 0.104. The molecule has 1 fully saturated rings. The second kappa shape index (κ2) is 8.13. The molecule has 32 heavy (non-hydrogen) atoms. The third-order valence-corrected chi connectivity index (χ3v) is 6.01. The van der Waals surface area contributed by atoms with Gasteiger partial charge in [0.05, 0.1) is 24.9 Å². The maximum Gasteiger partial charge on any atom is 0.138 e. The number of hydrogen-bond donors (Lipinski definition) is 1. The van der Waals surface area contributed by atoms with Crippen LogP contribution in [-0.2, 0) is 16.7 Å². The molecule has 0 saturated heterocycles. The topological polar surface area (TPSA) is 69.7 Å². The highest BCUT2D eigenvalue weighted by Crippen LogP contribution is 2.33. The molecule has 2 aliphatic rings. The van der Waals surface area contributed by atoms with E-state index in [-0.39, 0.29) is 24.8 Å². The molecule has 5 rings (SSSR count). The van der Waals surface area contributed by atoms with Crippen LogP contribution >= 0.6 is 0 Å². The first kappa shape index (κ1) is 20.8. The van der Waals surface area contributed by atoms with E-state index in [0.29, 0.717) is 47.0 Å². The lowest BCUT2D eigenvalue weighted by atomic mass is 9.89. The van der Waals surface area contributed by atoms with E-state index in [9.17, 15) is 8.78 Å². The maximum atomic E-state index is 14.7. The van der Waals surface area contributed by atoms with Gasteiger partial charge < -0.3 is 15.2 Å². The fourth-order valence-electron chi connectivity index (χ4n) is 4.17. The fourth-order valence-corrected chi connectivity index (χ4v) is 4.17. The molecule has 0 amide bonds. The molecule has 0 unspecified atom stereocenters. The standard InChI is InChI=1S/C25H25F2N3O2/c1-25(14-31-13-23(28)30-25)21-7-16(4-5-22(21)27)6-17-8-19(26)9-18-10-20(11-29-24(17)18)32-12-15-2-3-15/h4-5,7-11,15H,2-3,6,12-14H2,1H3,(H2,28,30)/t25-/m0/s1. The minimum absolute atomic E-state index is 0.238. The van der Waals surface area contributed by atoms with Crippen molar-refractivity contribution in [1.29, 1.82) is 0 Å². The SMILES string of the molecule is C[C@@]1(c2cc(Cc3cc(F)cc4cc(OCC5CC5)cnc34)ccc2F)COCC(N)=N1. The van der Waals surface area contributed by atoms with E-state index in [1.807, 2.05) is 6.07 Å². The van der Waals surface area contributed by atoms with Gasteiger partial charge in [0.2, 0.25) is 0 Å². The number of amidine groups is 1. The lowest BCUT2D eigenvalue weighted by Crippen LogP contribution is -2.38. The average Bonchev–Trinajstić information content (AvgIpc) is 3.57. The predicted octanol–water partition coefficient (Wildman–Crippen LogP) is 4.50. The number of aromatic nitrogens is 1. The zero-order valence-corrected chi connectivity index (χ0v) is 17.9. The molecule has 2 N–H and O–H groups in total. The number of rotatable bonds is 6. The molecule has 166 valence electrons. The van der Waals surface area contributed by atoms with Crippen molar-refractivity contribution in [1.82, 2.24) is 4.98 Å². The van der Waals surface area contributed by atoms with Crippen LogP contribution in [0.15, 0.2) is 47.6 Å². The van der Waals surface area contributed by atoms with E-state index in [1.165, 1.54) is 31.0 Å². The molecule has 1 saturated carbocycles. The Morgan fingerprint density at radius 2 is 2.03 bits per heavy atom. The highest BCUT2D eigenvalue weighted by molar-refractivity contribution is 5.83. The molecular weight excluding hydrogens is 412 g/mol. The monoisotopic (exact) mass is 437 g/mol. The van der Waals surface area contributed by atoms with Crippen LogP contribution in [0.2, 0.25) is 0 Å². The molecule has 2 heterocycles. The van der Waals surface area contributed by atoms with Gasteiger partial charge in [0.25, 0.3) is 0 Å². The highest BCUT2D eigenvalue weighted by Gasteiger charge is 2.32. The summed E-state index contributed by atoms with van der Waals surface area (Å²) in [6, 6.07) is 9.63. The predicted molar refractivity (Wildman–Crippen MR) is 119 cm³/mol. The van der Waals surface area contributed by atoms with Crippen molar-refractivity contribution < 1.29 is 18.3 Å². The first-order valence-corrected chi connectivity index (χ1v) is 10.8. The molecule has 1 atom stereocenters. The van der Waals surface area contributed by atoms with E-state index in [1.54, 1.807) is 25.3 Å². The van der Waals surface area contributed by atoms with Crippen LogP contribution in [0.1, 0.15) is 36.5 Å². The molecule has 0 bridgehead atoms. The van der Waals surface area contributed by atoms with Crippen molar-refractivity contribution in [3.05, 3.63) is 70.9 Å². The summed E-state index contributed by atoms with van der Waals surface area (Å²) in [7, 11) is 0. The van der Waals surface area contributed by atoms with Gasteiger partial charge in [-0.15, -0.1) is 0 Å². The number of ether oxygens (including phenoxy) is 2. The molecule has 7 heteroatoms. The summed E-state index contributed by atoms with van der Waals surface area (Å²) < 4.78 is 40.4. The molecular formula is C25H25F2N3O2. The Hall–Kier alpha value is -3.06. The molecule has 3 aromatic rings. The number of nitrogens with two attached hydrogens (primary N) is 1. The first-order valence-electron chi connectivity index (χ1n) is 10.8. The number of aliphatic imine (C=N–C) groups is 1. The lowest BCUT2D eigenvalue weighted by Gasteiger charge is -2.30. The van der Waals surface area contributed by atoms with Gasteiger partial charge in [-0.3, -0.25) is 9.98 Å². The Morgan fingerprint density at radius 1 is 1.19 bits per heavy atom. The van der Waals surface area contributed by atoms with Crippen molar-refractivity contribution in [2.24, 2.45) is 16.6 Å². The van der Waals surface area contributed by atoms with Crippen LogP contribution in [-0.4, -0.2) is 30.6 Å². The number of fused-ring (bicyclic) bond motifs is 1. The van der Waals surface area contributed by atoms with Gasteiger partial charge in [0.1, 0.15) is 35.4 Å². The molecule has 5 nitrogen and oxygen atoms in total. The molecule has 1 aliphatic heterocycles. The van der Waals surface area contributed by atoms with Crippen LogP contribution in [0.25, 0.3) is 10.9 Å². The van der Waals surface area contributed by atoms with Gasteiger partial charge in [-0.1, -0.05) is 12.1 Å². The summed E-state index contributed by atoms with van der Waals surface area (Å²) >= 11 is 0. The zero-order chi connectivity index (χ0) is 22.3. The number of halogens is 2. The summed E-state index contributed by atoms with van der Waals surface area (Å²) in [5.41, 5.74) is 7.58. The van der Waals surface area contributed by atoms with Crippen molar-refractivity contribution in [2.75, 3.05) is 19.8 Å². The third-order valence-electron chi connectivity index (χ3n) is 6.01. The van der Waals surface area contributed by atoms with Gasteiger partial charge in [0, 0.05) is 10.9 Å². The van der Waals surface area contributed by atoms with Gasteiger partial charge >= 0.3 is 0 Å².